The fourth-order valence-corrected chi connectivity index (χ4v) is 0.494. The smallest absolute Gasteiger partial charge is 0.328 e. The van der Waals surface area contributed by atoms with Gasteiger partial charge in [0.25, 0.3) is 0 Å². The molecule has 0 aromatic carbocycles. The minimum atomic E-state index is -1.26. The number of carbonyl (C=O) groups is 2. The molecule has 0 aliphatic rings. The van der Waals surface area contributed by atoms with Crippen molar-refractivity contribution in [3.05, 3.63) is 49.9 Å². The number of oxazole rings is 2. The lowest BCUT2D eigenvalue weighted by molar-refractivity contribution is -0.134. The first-order valence-corrected chi connectivity index (χ1v) is 4.41. The Bertz CT molecular complexity index is 358. The number of carboxylic acids is 2. The van der Waals surface area contributed by atoms with E-state index in [1.807, 2.05) is 0 Å². The molecule has 0 bridgehead atoms. The van der Waals surface area contributed by atoms with Gasteiger partial charge in [0.1, 0.15) is 12.5 Å². The van der Waals surface area contributed by atoms with Crippen LogP contribution in [0.4, 0.5) is 0 Å². The predicted molar refractivity (Wildman–Crippen MR) is 57.4 cm³/mol. The van der Waals surface area contributed by atoms with Crippen molar-refractivity contribution in [1.82, 2.24) is 9.97 Å². The summed E-state index contributed by atoms with van der Waals surface area (Å²) in [5.74, 6) is -2.51. The highest BCUT2D eigenvalue weighted by atomic mass is 16.4. The SMILES string of the molecule is O=C(O)/C=C/C(=O)O.c1cocn1.c1cocn1. The van der Waals surface area contributed by atoms with Crippen molar-refractivity contribution in [2.45, 2.75) is 0 Å². The minimum absolute atomic E-state index is 0.558. The third kappa shape index (κ3) is 13.1. The fraction of sp³-hybridized carbons (Fsp3) is 0. The molecule has 0 fully saturated rings. The van der Waals surface area contributed by atoms with Gasteiger partial charge in [-0.3, -0.25) is 0 Å². The lowest BCUT2D eigenvalue weighted by atomic mass is 10.5. The van der Waals surface area contributed by atoms with Gasteiger partial charge in [-0.1, -0.05) is 0 Å². The number of rotatable bonds is 2. The zero-order valence-electron chi connectivity index (χ0n) is 9.04. The third-order valence-electron chi connectivity index (χ3n) is 1.06. The van der Waals surface area contributed by atoms with E-state index >= 15 is 0 Å². The quantitative estimate of drug-likeness (QED) is 0.761. The molecule has 0 amide bonds. The number of hydrogen-bond donors (Lipinski definition) is 2. The molecule has 2 heterocycles. The number of aliphatic carboxylic acids is 2. The topological polar surface area (TPSA) is 127 Å². The molecule has 0 aliphatic heterocycles. The number of carboxylic acid groups (broad SMARTS) is 2. The molecular weight excluding hydrogens is 244 g/mol. The summed E-state index contributed by atoms with van der Waals surface area (Å²) in [5, 5.41) is 15.6. The van der Waals surface area contributed by atoms with Gasteiger partial charge in [-0.05, 0) is 0 Å². The summed E-state index contributed by atoms with van der Waals surface area (Å²) in [5.41, 5.74) is 0. The Balaban J connectivity index is 0.000000250. The normalized spacial score (nSPS) is 8.67. The van der Waals surface area contributed by atoms with Crippen LogP contribution < -0.4 is 0 Å². The third-order valence-corrected chi connectivity index (χ3v) is 1.06. The molecule has 2 aromatic heterocycles. The van der Waals surface area contributed by atoms with Crippen LogP contribution in [0.25, 0.3) is 0 Å². The molecule has 18 heavy (non-hydrogen) atoms. The Kier molecular flexibility index (Phi) is 8.90. The summed E-state index contributed by atoms with van der Waals surface area (Å²) in [6, 6.07) is 0. The van der Waals surface area contributed by atoms with Crippen molar-refractivity contribution in [2.24, 2.45) is 0 Å². The second kappa shape index (κ2) is 10.6. The molecule has 0 saturated carbocycles. The van der Waals surface area contributed by atoms with Crippen LogP contribution in [0.5, 0.6) is 0 Å². The van der Waals surface area contributed by atoms with Gasteiger partial charge in [-0.2, -0.15) is 0 Å². The Morgan fingerprint density at radius 3 is 1.39 bits per heavy atom. The number of aromatic nitrogens is 2. The maximum atomic E-state index is 9.55. The molecule has 2 aromatic rings. The van der Waals surface area contributed by atoms with Gasteiger partial charge < -0.3 is 19.0 Å². The average molecular weight is 254 g/mol. The average Bonchev–Trinajstić information content (AvgIpc) is 3.03. The Morgan fingerprint density at radius 2 is 1.28 bits per heavy atom. The summed E-state index contributed by atoms with van der Waals surface area (Å²) in [4.78, 5) is 26.2. The van der Waals surface area contributed by atoms with Gasteiger partial charge in [0.2, 0.25) is 0 Å². The van der Waals surface area contributed by atoms with Gasteiger partial charge >= 0.3 is 11.9 Å². The highest BCUT2D eigenvalue weighted by Crippen LogP contribution is 1.72. The molecule has 0 unspecified atom stereocenters. The molecule has 96 valence electrons. The molecule has 0 radical (unpaired) electrons. The molecular formula is C10H10N2O6. The summed E-state index contributed by atoms with van der Waals surface area (Å²) in [6.45, 7) is 0. The Morgan fingerprint density at radius 1 is 0.889 bits per heavy atom. The maximum absolute atomic E-state index is 9.55. The lowest BCUT2D eigenvalue weighted by Gasteiger charge is -1.74. The van der Waals surface area contributed by atoms with E-state index < -0.39 is 11.9 Å². The summed E-state index contributed by atoms with van der Waals surface area (Å²) >= 11 is 0. The predicted octanol–water partition coefficient (Wildman–Crippen LogP) is 1.06. The Labute approximate surface area is 101 Å². The highest BCUT2D eigenvalue weighted by Gasteiger charge is 1.88. The molecule has 8 heteroatoms. The van der Waals surface area contributed by atoms with E-state index in [1.54, 1.807) is 12.4 Å². The van der Waals surface area contributed by atoms with E-state index in [1.165, 1.54) is 25.3 Å². The van der Waals surface area contributed by atoms with Crippen LogP contribution in [0.1, 0.15) is 0 Å². The molecule has 0 atom stereocenters. The highest BCUT2D eigenvalue weighted by molar-refractivity contribution is 5.89. The van der Waals surface area contributed by atoms with Crippen molar-refractivity contribution in [2.75, 3.05) is 0 Å². The number of hydrogen-bond acceptors (Lipinski definition) is 6. The summed E-state index contributed by atoms with van der Waals surface area (Å²) in [7, 11) is 0. The first-order valence-electron chi connectivity index (χ1n) is 4.41. The van der Waals surface area contributed by atoms with E-state index in [4.69, 9.17) is 10.2 Å². The summed E-state index contributed by atoms with van der Waals surface area (Å²) in [6.07, 6.45) is 10.1. The van der Waals surface area contributed by atoms with Gasteiger partial charge in [0.05, 0.1) is 12.4 Å². The summed E-state index contributed by atoms with van der Waals surface area (Å²) < 4.78 is 8.94. The van der Waals surface area contributed by atoms with Crippen molar-refractivity contribution >= 4 is 11.9 Å². The maximum Gasteiger partial charge on any atom is 0.328 e. The van der Waals surface area contributed by atoms with Crippen molar-refractivity contribution < 1.29 is 28.6 Å². The van der Waals surface area contributed by atoms with E-state index in [2.05, 4.69) is 18.8 Å². The second-order valence-electron chi connectivity index (χ2n) is 2.36. The zero-order chi connectivity index (χ0) is 13.6. The lowest BCUT2D eigenvalue weighted by Crippen LogP contribution is -1.91. The first kappa shape index (κ1) is 15.1. The van der Waals surface area contributed by atoms with Gasteiger partial charge in [-0.25, -0.2) is 19.6 Å². The molecule has 2 N–H and O–H groups in total. The molecule has 0 aliphatic carbocycles. The molecule has 2 rings (SSSR count). The zero-order valence-corrected chi connectivity index (χ0v) is 9.04. The van der Waals surface area contributed by atoms with Crippen molar-refractivity contribution in [3.63, 3.8) is 0 Å². The van der Waals surface area contributed by atoms with Crippen LogP contribution in [0.15, 0.2) is 58.7 Å². The van der Waals surface area contributed by atoms with Crippen LogP contribution in [-0.4, -0.2) is 32.1 Å². The van der Waals surface area contributed by atoms with E-state index in [0.717, 1.165) is 0 Å². The van der Waals surface area contributed by atoms with Crippen molar-refractivity contribution in [1.29, 1.82) is 0 Å². The fourth-order valence-electron chi connectivity index (χ4n) is 0.494. The monoisotopic (exact) mass is 254 g/mol. The standard InChI is InChI=1S/C4H4O4.2C3H3NO/c5-3(6)1-2-4(7)8;2*1-2-5-3-4-1/h1-2H,(H,5,6)(H,7,8);2*1-3H/b2-1+;;. The van der Waals surface area contributed by atoms with E-state index in [-0.39, 0.29) is 0 Å². The van der Waals surface area contributed by atoms with E-state index in [0.29, 0.717) is 12.2 Å². The number of nitrogens with zero attached hydrogens (tertiary/aromatic N) is 2. The molecule has 0 saturated heterocycles. The van der Waals surface area contributed by atoms with Crippen LogP contribution >= 0.6 is 0 Å². The van der Waals surface area contributed by atoms with Crippen LogP contribution in [-0.2, 0) is 9.59 Å². The van der Waals surface area contributed by atoms with Crippen LogP contribution in [0.2, 0.25) is 0 Å². The minimum Gasteiger partial charge on any atom is -0.478 e. The Hall–Kier alpha value is -2.90. The van der Waals surface area contributed by atoms with Gasteiger partial charge in [0, 0.05) is 12.2 Å². The largest absolute Gasteiger partial charge is 0.478 e. The van der Waals surface area contributed by atoms with Gasteiger partial charge in [-0.15, -0.1) is 0 Å². The second-order valence-corrected chi connectivity index (χ2v) is 2.36. The first-order chi connectivity index (χ1) is 8.63. The molecule has 8 nitrogen and oxygen atoms in total. The van der Waals surface area contributed by atoms with Crippen LogP contribution in [0.3, 0.4) is 0 Å². The van der Waals surface area contributed by atoms with Crippen LogP contribution in [0, 0.1) is 0 Å². The molecule has 0 spiro atoms. The van der Waals surface area contributed by atoms with E-state index in [9.17, 15) is 9.59 Å². The van der Waals surface area contributed by atoms with Gasteiger partial charge in [0.15, 0.2) is 12.8 Å². The van der Waals surface area contributed by atoms with Crippen molar-refractivity contribution in [3.8, 4) is 0 Å².